The van der Waals surface area contributed by atoms with E-state index in [2.05, 4.69) is 51.9 Å². The zero-order chi connectivity index (χ0) is 22.8. The van der Waals surface area contributed by atoms with Gasteiger partial charge in [0.15, 0.2) is 0 Å². The quantitative estimate of drug-likeness (QED) is 0.388. The fraction of sp³-hybridized carbons (Fsp3) is 0.231. The molecule has 7 heteroatoms. The molecule has 0 bridgehead atoms. The summed E-state index contributed by atoms with van der Waals surface area (Å²) in [4.78, 5) is 22.1. The van der Waals surface area contributed by atoms with Gasteiger partial charge < -0.3 is 9.47 Å². The number of carbonyl (C=O) groups excluding carboxylic acids is 1. The first-order valence-corrected chi connectivity index (χ1v) is 11.8. The zero-order valence-electron chi connectivity index (χ0n) is 18.1. The number of carbonyl (C=O) groups is 1. The minimum atomic E-state index is -0.0485. The van der Waals surface area contributed by atoms with Crippen LogP contribution in [0.3, 0.4) is 0 Å². The van der Waals surface area contributed by atoms with E-state index in [0.717, 1.165) is 43.0 Å². The maximum absolute atomic E-state index is 12.9. The predicted molar refractivity (Wildman–Crippen MR) is 133 cm³/mol. The smallest absolute Gasteiger partial charge is 0.255 e. The number of hydrogen-bond donors (Lipinski definition) is 0. The van der Waals surface area contributed by atoms with Gasteiger partial charge in [-0.25, -0.2) is 4.98 Å². The van der Waals surface area contributed by atoms with Crippen molar-refractivity contribution in [3.05, 3.63) is 99.8 Å². The highest BCUT2D eigenvalue weighted by Gasteiger charge is 2.25. The Kier molecular flexibility index (Phi) is 6.36. The van der Waals surface area contributed by atoms with Gasteiger partial charge in [0.2, 0.25) is 0 Å². The second kappa shape index (κ2) is 9.56. The molecule has 1 fully saturated rings. The SMILES string of the molecule is O=C(c1ccc(Cl)cc1Cl)N1CCN(Cc2nc3ccccc3n2Cc2ccccc2)CC1. The van der Waals surface area contributed by atoms with Gasteiger partial charge in [-0.1, -0.05) is 65.7 Å². The van der Waals surface area contributed by atoms with E-state index in [1.165, 1.54) is 5.56 Å². The molecule has 0 radical (unpaired) electrons. The fourth-order valence-electron chi connectivity index (χ4n) is 4.33. The van der Waals surface area contributed by atoms with Crippen LogP contribution in [-0.2, 0) is 13.1 Å². The molecule has 0 atom stereocenters. The van der Waals surface area contributed by atoms with Crippen LogP contribution in [0.1, 0.15) is 21.7 Å². The Morgan fingerprint density at radius 3 is 2.33 bits per heavy atom. The molecule has 1 aliphatic rings. The number of hydrogen-bond acceptors (Lipinski definition) is 3. The molecular weight excluding hydrogens is 455 g/mol. The Morgan fingerprint density at radius 2 is 1.58 bits per heavy atom. The van der Waals surface area contributed by atoms with E-state index in [4.69, 9.17) is 28.2 Å². The number of para-hydroxylation sites is 2. The van der Waals surface area contributed by atoms with E-state index in [9.17, 15) is 4.79 Å². The first-order chi connectivity index (χ1) is 16.1. The summed E-state index contributed by atoms with van der Waals surface area (Å²) in [5, 5.41) is 0.921. The van der Waals surface area contributed by atoms with Crippen molar-refractivity contribution in [1.82, 2.24) is 19.4 Å². The van der Waals surface area contributed by atoms with Crippen molar-refractivity contribution in [1.29, 1.82) is 0 Å². The van der Waals surface area contributed by atoms with Crippen LogP contribution in [0, 0.1) is 0 Å². The van der Waals surface area contributed by atoms with Crippen LogP contribution in [0.2, 0.25) is 10.0 Å². The zero-order valence-corrected chi connectivity index (χ0v) is 19.6. The molecule has 0 unspecified atom stereocenters. The highest BCUT2D eigenvalue weighted by molar-refractivity contribution is 6.36. The number of benzene rings is 3. The number of fused-ring (bicyclic) bond motifs is 1. The van der Waals surface area contributed by atoms with E-state index in [1.54, 1.807) is 18.2 Å². The third kappa shape index (κ3) is 4.76. The summed E-state index contributed by atoms with van der Waals surface area (Å²) in [6, 6.07) is 23.7. The van der Waals surface area contributed by atoms with E-state index in [1.807, 2.05) is 17.0 Å². The Balaban J connectivity index is 1.30. The van der Waals surface area contributed by atoms with Crippen molar-refractivity contribution in [2.45, 2.75) is 13.1 Å². The van der Waals surface area contributed by atoms with Gasteiger partial charge in [0, 0.05) is 37.7 Å². The van der Waals surface area contributed by atoms with Crippen molar-refractivity contribution in [3.8, 4) is 0 Å². The molecule has 1 aromatic heterocycles. The molecule has 0 saturated carbocycles. The van der Waals surface area contributed by atoms with Gasteiger partial charge in [-0.15, -0.1) is 0 Å². The largest absolute Gasteiger partial charge is 0.336 e. The topological polar surface area (TPSA) is 41.4 Å². The number of amides is 1. The van der Waals surface area contributed by atoms with Gasteiger partial charge in [0.25, 0.3) is 5.91 Å². The molecule has 4 aromatic rings. The standard InChI is InChI=1S/C26H24Cl2N4O/c27-20-10-11-21(22(28)16-20)26(33)31-14-12-30(13-15-31)18-25-29-23-8-4-5-9-24(23)32(25)17-19-6-2-1-3-7-19/h1-11,16H,12-15,17-18H2. The second-order valence-electron chi connectivity index (χ2n) is 8.28. The highest BCUT2D eigenvalue weighted by Crippen LogP contribution is 2.24. The third-order valence-electron chi connectivity index (χ3n) is 6.10. The van der Waals surface area contributed by atoms with E-state index >= 15 is 0 Å². The van der Waals surface area contributed by atoms with Crippen molar-refractivity contribution in [2.75, 3.05) is 26.2 Å². The summed E-state index contributed by atoms with van der Waals surface area (Å²) < 4.78 is 2.30. The van der Waals surface area contributed by atoms with Gasteiger partial charge in [0.1, 0.15) is 5.82 Å². The summed E-state index contributed by atoms with van der Waals surface area (Å²) >= 11 is 12.2. The third-order valence-corrected chi connectivity index (χ3v) is 6.65. The first kappa shape index (κ1) is 22.0. The van der Waals surface area contributed by atoms with Crippen LogP contribution < -0.4 is 0 Å². The molecule has 1 aliphatic heterocycles. The van der Waals surface area contributed by atoms with Crippen LogP contribution in [-0.4, -0.2) is 51.4 Å². The molecule has 0 spiro atoms. The average Bonchev–Trinajstić information content (AvgIpc) is 3.17. The first-order valence-electron chi connectivity index (χ1n) is 11.0. The normalized spacial score (nSPS) is 14.7. The van der Waals surface area contributed by atoms with Crippen molar-refractivity contribution in [2.24, 2.45) is 0 Å². The molecule has 0 N–H and O–H groups in total. The van der Waals surface area contributed by atoms with Gasteiger partial charge >= 0.3 is 0 Å². The Morgan fingerprint density at radius 1 is 0.848 bits per heavy atom. The number of aromatic nitrogens is 2. The molecule has 168 valence electrons. The second-order valence-corrected chi connectivity index (χ2v) is 9.12. The van der Waals surface area contributed by atoms with Gasteiger partial charge in [-0.3, -0.25) is 9.69 Å². The average molecular weight is 479 g/mol. The van der Waals surface area contributed by atoms with Crippen molar-refractivity contribution in [3.63, 3.8) is 0 Å². The molecule has 1 saturated heterocycles. The molecule has 5 nitrogen and oxygen atoms in total. The molecule has 0 aliphatic carbocycles. The maximum atomic E-state index is 12.9. The van der Waals surface area contributed by atoms with E-state index in [0.29, 0.717) is 28.7 Å². The lowest BCUT2D eigenvalue weighted by molar-refractivity contribution is 0.0624. The summed E-state index contributed by atoms with van der Waals surface area (Å²) in [5.41, 5.74) is 3.90. The minimum Gasteiger partial charge on any atom is -0.336 e. The Hall–Kier alpha value is -2.86. The van der Waals surface area contributed by atoms with Crippen LogP contribution in [0.5, 0.6) is 0 Å². The van der Waals surface area contributed by atoms with Crippen LogP contribution >= 0.6 is 23.2 Å². The fourth-order valence-corrected chi connectivity index (χ4v) is 4.82. The van der Waals surface area contributed by atoms with E-state index < -0.39 is 0 Å². The van der Waals surface area contributed by atoms with Crippen LogP contribution in [0.25, 0.3) is 11.0 Å². The number of piperazine rings is 1. The summed E-state index contributed by atoms with van der Waals surface area (Å²) in [6.45, 7) is 4.39. The van der Waals surface area contributed by atoms with Gasteiger partial charge in [-0.2, -0.15) is 0 Å². The molecule has 33 heavy (non-hydrogen) atoms. The Bertz CT molecular complexity index is 1280. The summed E-state index contributed by atoms with van der Waals surface area (Å²) in [5.74, 6) is 0.994. The molecule has 3 aromatic carbocycles. The number of rotatable bonds is 5. The minimum absolute atomic E-state index is 0.0485. The number of imidazole rings is 1. The molecule has 1 amide bonds. The summed E-state index contributed by atoms with van der Waals surface area (Å²) in [6.07, 6.45) is 0. The lowest BCUT2D eigenvalue weighted by Gasteiger charge is -2.34. The molecule has 5 rings (SSSR count). The van der Waals surface area contributed by atoms with E-state index in [-0.39, 0.29) is 5.91 Å². The number of nitrogens with zero attached hydrogens (tertiary/aromatic N) is 4. The highest BCUT2D eigenvalue weighted by atomic mass is 35.5. The maximum Gasteiger partial charge on any atom is 0.255 e. The monoisotopic (exact) mass is 478 g/mol. The van der Waals surface area contributed by atoms with Crippen LogP contribution in [0.4, 0.5) is 0 Å². The number of halogens is 2. The molecular formula is C26H24Cl2N4O. The Labute approximate surface area is 203 Å². The van der Waals surface area contributed by atoms with Gasteiger partial charge in [-0.05, 0) is 35.9 Å². The summed E-state index contributed by atoms with van der Waals surface area (Å²) in [7, 11) is 0. The molecule has 2 heterocycles. The lowest BCUT2D eigenvalue weighted by Crippen LogP contribution is -2.48. The van der Waals surface area contributed by atoms with Crippen LogP contribution in [0.15, 0.2) is 72.8 Å². The van der Waals surface area contributed by atoms with Crippen molar-refractivity contribution < 1.29 is 4.79 Å². The van der Waals surface area contributed by atoms with Crippen molar-refractivity contribution >= 4 is 40.1 Å². The predicted octanol–water partition coefficient (Wildman–Crippen LogP) is 5.35. The van der Waals surface area contributed by atoms with Gasteiger partial charge in [0.05, 0.1) is 28.2 Å². The lowest BCUT2D eigenvalue weighted by atomic mass is 10.1.